The third-order valence-corrected chi connectivity index (χ3v) is 4.62. The molecule has 0 fully saturated rings. The molecule has 0 aliphatic rings. The molecule has 2 amide bonds. The number of para-hydroxylation sites is 1. The van der Waals surface area contributed by atoms with Gasteiger partial charge in [-0.2, -0.15) is 0 Å². The van der Waals surface area contributed by atoms with Gasteiger partial charge in [-0.15, -0.1) is 0 Å². The van der Waals surface area contributed by atoms with Gasteiger partial charge in [-0.1, -0.05) is 53.5 Å². The van der Waals surface area contributed by atoms with Crippen LogP contribution in [0.15, 0.2) is 72.4 Å². The summed E-state index contributed by atoms with van der Waals surface area (Å²) in [4.78, 5) is 29.8. The topological polar surface area (TPSA) is 71.1 Å². The summed E-state index contributed by atoms with van der Waals surface area (Å²) in [6.45, 7) is 1.88. The Balaban J connectivity index is 1.95. The van der Waals surface area contributed by atoms with Crippen LogP contribution in [0.2, 0.25) is 10.2 Å². The number of rotatable bonds is 5. The van der Waals surface area contributed by atoms with E-state index in [0.717, 1.165) is 5.56 Å². The van der Waals surface area contributed by atoms with Crippen LogP contribution in [0.25, 0.3) is 6.08 Å². The molecule has 3 rings (SSSR count). The third kappa shape index (κ3) is 5.44. The van der Waals surface area contributed by atoms with Crippen LogP contribution in [0.4, 0.5) is 11.4 Å². The number of aromatic nitrogens is 1. The molecule has 2 aromatic carbocycles. The van der Waals surface area contributed by atoms with E-state index >= 15 is 0 Å². The average molecular weight is 426 g/mol. The minimum absolute atomic E-state index is 0.138. The molecule has 1 aromatic heterocycles. The molecule has 0 radical (unpaired) electrons. The summed E-state index contributed by atoms with van der Waals surface area (Å²) in [5.41, 5.74) is 2.19. The highest BCUT2D eigenvalue weighted by Crippen LogP contribution is 2.24. The fourth-order valence-electron chi connectivity index (χ4n) is 2.54. The highest BCUT2D eigenvalue weighted by Gasteiger charge is 2.20. The number of amides is 2. The van der Waals surface area contributed by atoms with E-state index in [2.05, 4.69) is 15.6 Å². The second-order valence-corrected chi connectivity index (χ2v) is 6.96. The molecule has 5 nitrogen and oxygen atoms in total. The van der Waals surface area contributed by atoms with Crippen LogP contribution in [-0.2, 0) is 9.59 Å². The van der Waals surface area contributed by atoms with Crippen molar-refractivity contribution in [2.45, 2.75) is 6.92 Å². The molecule has 0 saturated carbocycles. The van der Waals surface area contributed by atoms with Crippen LogP contribution < -0.4 is 10.6 Å². The van der Waals surface area contributed by atoms with Gasteiger partial charge in [0.15, 0.2) is 0 Å². The van der Waals surface area contributed by atoms with Gasteiger partial charge in [0.1, 0.15) is 10.7 Å². The maximum absolute atomic E-state index is 13.0. The zero-order chi connectivity index (χ0) is 20.8. The number of nitrogens with one attached hydrogen (secondary N) is 2. The summed E-state index contributed by atoms with van der Waals surface area (Å²) in [5.74, 6) is -1.21. The fourth-order valence-corrected chi connectivity index (χ4v) is 2.88. The molecule has 0 saturated heterocycles. The lowest BCUT2D eigenvalue weighted by Gasteiger charge is -2.12. The molecule has 0 unspecified atom stereocenters. The van der Waals surface area contributed by atoms with E-state index in [1.54, 1.807) is 48.5 Å². The summed E-state index contributed by atoms with van der Waals surface area (Å²) in [5, 5.41) is 5.95. The van der Waals surface area contributed by atoms with E-state index in [1.165, 1.54) is 12.3 Å². The number of benzene rings is 2. The van der Waals surface area contributed by atoms with Crippen molar-refractivity contribution in [2.24, 2.45) is 0 Å². The Morgan fingerprint density at radius 3 is 2.38 bits per heavy atom. The van der Waals surface area contributed by atoms with Gasteiger partial charge in [0.25, 0.3) is 11.8 Å². The smallest absolute Gasteiger partial charge is 0.261 e. The minimum Gasteiger partial charge on any atom is -0.322 e. The molecule has 0 bridgehead atoms. The van der Waals surface area contributed by atoms with Crippen molar-refractivity contribution in [3.8, 4) is 0 Å². The largest absolute Gasteiger partial charge is 0.322 e. The maximum atomic E-state index is 13.0. The zero-order valence-electron chi connectivity index (χ0n) is 15.4. The van der Waals surface area contributed by atoms with Crippen LogP contribution in [-0.4, -0.2) is 16.8 Å². The molecule has 29 heavy (non-hydrogen) atoms. The molecule has 3 aromatic rings. The quantitative estimate of drug-likeness (QED) is 0.250. The van der Waals surface area contributed by atoms with Crippen molar-refractivity contribution in [2.75, 3.05) is 10.6 Å². The number of carbonyl (C=O) groups is 2. The van der Waals surface area contributed by atoms with E-state index in [9.17, 15) is 9.59 Å². The van der Waals surface area contributed by atoms with Gasteiger partial charge in [-0.05, 0) is 48.9 Å². The first-order valence-corrected chi connectivity index (χ1v) is 9.46. The Kier molecular flexibility index (Phi) is 6.65. The van der Waals surface area contributed by atoms with Gasteiger partial charge >= 0.3 is 0 Å². The van der Waals surface area contributed by atoms with Crippen molar-refractivity contribution in [1.82, 2.24) is 4.98 Å². The summed E-state index contributed by atoms with van der Waals surface area (Å²) < 4.78 is 0. The zero-order valence-corrected chi connectivity index (χ0v) is 17.0. The number of halogens is 2. The SMILES string of the molecule is Cc1ccc(Cl)c(NC(=O)/C(=C/c2cccnc2Cl)C(=O)Nc2ccccc2)c1. The molecular formula is C22H17Cl2N3O2. The number of carbonyl (C=O) groups excluding carboxylic acids is 2. The minimum atomic E-state index is -0.620. The lowest BCUT2D eigenvalue weighted by molar-refractivity contribution is -0.118. The normalized spacial score (nSPS) is 11.1. The van der Waals surface area contributed by atoms with Crippen LogP contribution >= 0.6 is 23.2 Å². The first kappa shape index (κ1) is 20.6. The highest BCUT2D eigenvalue weighted by atomic mass is 35.5. The van der Waals surface area contributed by atoms with Crippen molar-refractivity contribution < 1.29 is 9.59 Å². The lowest BCUT2D eigenvalue weighted by Crippen LogP contribution is -2.25. The number of hydrogen-bond acceptors (Lipinski definition) is 3. The monoisotopic (exact) mass is 425 g/mol. The van der Waals surface area contributed by atoms with E-state index in [-0.39, 0.29) is 10.7 Å². The first-order chi connectivity index (χ1) is 13.9. The maximum Gasteiger partial charge on any atom is 0.261 e. The molecule has 0 spiro atoms. The number of anilines is 2. The van der Waals surface area contributed by atoms with Gasteiger partial charge in [-0.25, -0.2) is 4.98 Å². The second kappa shape index (κ2) is 9.37. The first-order valence-electron chi connectivity index (χ1n) is 8.70. The van der Waals surface area contributed by atoms with Gasteiger partial charge in [-0.3, -0.25) is 9.59 Å². The molecule has 1 heterocycles. The number of hydrogen-bond donors (Lipinski definition) is 2. The summed E-state index contributed by atoms with van der Waals surface area (Å²) in [7, 11) is 0. The third-order valence-electron chi connectivity index (χ3n) is 3.98. The summed E-state index contributed by atoms with van der Waals surface area (Å²) >= 11 is 12.3. The second-order valence-electron chi connectivity index (χ2n) is 6.20. The Bertz CT molecular complexity index is 1080. The number of aryl methyl sites for hydroxylation is 1. The number of pyridine rings is 1. The summed E-state index contributed by atoms with van der Waals surface area (Å²) in [6.07, 6.45) is 2.92. The predicted octanol–water partition coefficient (Wildman–Crippen LogP) is 5.36. The van der Waals surface area contributed by atoms with Crippen LogP contribution in [0.1, 0.15) is 11.1 Å². The molecule has 0 aliphatic carbocycles. The van der Waals surface area contributed by atoms with E-state index < -0.39 is 11.8 Å². The van der Waals surface area contributed by atoms with Gasteiger partial charge in [0.2, 0.25) is 0 Å². The molecule has 0 atom stereocenters. The Labute approximate surface area is 178 Å². The van der Waals surface area contributed by atoms with Crippen molar-refractivity contribution in [3.05, 3.63) is 93.7 Å². The highest BCUT2D eigenvalue weighted by molar-refractivity contribution is 6.35. The molecule has 7 heteroatoms. The Morgan fingerprint density at radius 2 is 1.66 bits per heavy atom. The van der Waals surface area contributed by atoms with Crippen molar-refractivity contribution >= 4 is 52.5 Å². The predicted molar refractivity (Wildman–Crippen MR) is 117 cm³/mol. The Morgan fingerprint density at radius 1 is 0.931 bits per heavy atom. The molecule has 0 aliphatic heterocycles. The lowest BCUT2D eigenvalue weighted by atomic mass is 10.1. The molecule has 146 valence electrons. The molecule has 2 N–H and O–H groups in total. The number of nitrogens with zero attached hydrogens (tertiary/aromatic N) is 1. The van der Waals surface area contributed by atoms with Crippen LogP contribution in [0.5, 0.6) is 0 Å². The van der Waals surface area contributed by atoms with Crippen LogP contribution in [0.3, 0.4) is 0 Å². The van der Waals surface area contributed by atoms with Crippen LogP contribution in [0, 0.1) is 6.92 Å². The van der Waals surface area contributed by atoms with E-state index in [1.807, 2.05) is 19.1 Å². The van der Waals surface area contributed by atoms with Gasteiger partial charge in [0.05, 0.1) is 10.7 Å². The van der Waals surface area contributed by atoms with Crippen molar-refractivity contribution in [3.63, 3.8) is 0 Å². The average Bonchev–Trinajstić information content (AvgIpc) is 2.70. The molecular weight excluding hydrogens is 409 g/mol. The summed E-state index contributed by atoms with van der Waals surface area (Å²) in [6, 6.07) is 17.4. The van der Waals surface area contributed by atoms with E-state index in [4.69, 9.17) is 23.2 Å². The standard InChI is InChI=1S/C22H17Cl2N3O2/c1-14-9-10-18(23)19(12-14)27-22(29)17(13-15-6-5-11-25-20(15)24)21(28)26-16-7-3-2-4-8-16/h2-13H,1H3,(H,26,28)(H,27,29)/b17-13+. The van der Waals surface area contributed by atoms with Gasteiger partial charge in [0, 0.05) is 17.4 Å². The Hall–Kier alpha value is -3.15. The fraction of sp³-hybridized carbons (Fsp3) is 0.0455. The van der Waals surface area contributed by atoms with Crippen molar-refractivity contribution in [1.29, 1.82) is 0 Å². The van der Waals surface area contributed by atoms with E-state index in [0.29, 0.717) is 22.0 Å². The van der Waals surface area contributed by atoms with Gasteiger partial charge < -0.3 is 10.6 Å².